The molecule has 3 N–H and O–H groups in total. The highest BCUT2D eigenvalue weighted by Crippen LogP contribution is 2.48. The van der Waals surface area contributed by atoms with Gasteiger partial charge in [0.25, 0.3) is 16.0 Å². The fraction of sp³-hybridized carbons (Fsp3) is 0.462. The van der Waals surface area contributed by atoms with Gasteiger partial charge in [0.2, 0.25) is 5.69 Å². The van der Waals surface area contributed by atoms with Crippen molar-refractivity contribution in [3.8, 4) is 0 Å². The number of morpholine rings is 1. The van der Waals surface area contributed by atoms with Crippen LogP contribution < -0.4 is 15.5 Å². The Bertz CT molecular complexity index is 2390. The summed E-state index contributed by atoms with van der Waals surface area (Å²) in [6, 6.07) is 25.1. The number of fused-ring (bicyclic) bond motifs is 2. The average molecular weight is 875 g/mol. The highest BCUT2D eigenvalue weighted by Gasteiger charge is 2.44. The second-order valence-electron chi connectivity index (χ2n) is 18.4. The Morgan fingerprint density at radius 2 is 1.57 bits per heavy atom. The van der Waals surface area contributed by atoms with Gasteiger partial charge in [-0.15, -0.1) is 0 Å². The van der Waals surface area contributed by atoms with Crippen molar-refractivity contribution >= 4 is 38.8 Å². The van der Waals surface area contributed by atoms with Crippen LogP contribution in [0.4, 0.5) is 17.1 Å². The molecular formula is C52H68N5O5S+. The largest absolute Gasteiger partial charge is 0.379 e. The van der Waals surface area contributed by atoms with Gasteiger partial charge in [0.15, 0.2) is 5.71 Å². The van der Waals surface area contributed by atoms with E-state index in [1.54, 1.807) is 0 Å². The normalized spacial score (nSPS) is 19.9. The van der Waals surface area contributed by atoms with E-state index in [-0.39, 0.29) is 22.5 Å². The molecule has 1 fully saturated rings. The van der Waals surface area contributed by atoms with Crippen molar-refractivity contribution < 1.29 is 27.1 Å². The zero-order chi connectivity index (χ0) is 44.6. The van der Waals surface area contributed by atoms with Crippen LogP contribution >= 0.6 is 0 Å². The number of hydrogen-bond acceptors (Lipinski definition) is 7. The van der Waals surface area contributed by atoms with Crippen LogP contribution in [0.25, 0.3) is 0 Å². The molecular weight excluding hydrogens is 807 g/mol. The Hall–Kier alpha value is -4.81. The number of anilines is 2. The molecule has 0 atom stereocenters. The molecule has 336 valence electrons. The van der Waals surface area contributed by atoms with Gasteiger partial charge in [-0.2, -0.15) is 13.0 Å². The number of carbonyl (C=O) groups excluding carboxylic acids is 1. The molecule has 0 spiro atoms. The molecule has 7 rings (SSSR count). The van der Waals surface area contributed by atoms with E-state index in [2.05, 4.69) is 132 Å². The summed E-state index contributed by atoms with van der Waals surface area (Å²) in [4.78, 5) is 18.1. The minimum Gasteiger partial charge on any atom is -0.379 e. The Labute approximate surface area is 376 Å². The first-order valence-corrected chi connectivity index (χ1v) is 24.7. The number of allylic oxidation sites excluding steroid dienone is 7. The average Bonchev–Trinajstić information content (AvgIpc) is 3.62. The van der Waals surface area contributed by atoms with Crippen LogP contribution in [-0.2, 0) is 25.7 Å². The van der Waals surface area contributed by atoms with Gasteiger partial charge in [0, 0.05) is 84.1 Å². The third-order valence-electron chi connectivity index (χ3n) is 13.2. The lowest BCUT2D eigenvalue weighted by molar-refractivity contribution is -0.438. The number of ether oxygens (including phenoxy) is 1. The van der Waals surface area contributed by atoms with Crippen molar-refractivity contribution in [2.24, 2.45) is 0 Å². The van der Waals surface area contributed by atoms with E-state index in [1.807, 2.05) is 24.3 Å². The number of benzene rings is 3. The van der Waals surface area contributed by atoms with Crippen LogP contribution in [0, 0.1) is 0 Å². The van der Waals surface area contributed by atoms with Gasteiger partial charge in [-0.05, 0) is 112 Å². The van der Waals surface area contributed by atoms with Gasteiger partial charge in [-0.1, -0.05) is 75.7 Å². The second kappa shape index (κ2) is 20.4. The molecule has 0 saturated carbocycles. The fourth-order valence-electron chi connectivity index (χ4n) is 9.69. The minimum atomic E-state index is -4.02. The number of para-hydroxylation sites is 2. The molecule has 0 bridgehead atoms. The van der Waals surface area contributed by atoms with Gasteiger partial charge in [0.1, 0.15) is 6.54 Å². The number of rotatable bonds is 18. The molecule has 4 aliphatic rings. The number of nitrogens with one attached hydrogen (secondary N) is 2. The number of nitrogens with zero attached hydrogens (tertiary/aromatic N) is 3. The highest BCUT2D eigenvalue weighted by atomic mass is 32.2. The van der Waals surface area contributed by atoms with Crippen molar-refractivity contribution in [3.63, 3.8) is 0 Å². The summed E-state index contributed by atoms with van der Waals surface area (Å²) in [6.07, 6.45) is 16.2. The van der Waals surface area contributed by atoms with Crippen LogP contribution in [0.2, 0.25) is 0 Å². The smallest absolute Gasteiger partial charge is 0.264 e. The molecule has 10 nitrogen and oxygen atoms in total. The van der Waals surface area contributed by atoms with Crippen LogP contribution in [0.5, 0.6) is 0 Å². The monoisotopic (exact) mass is 874 g/mol. The molecule has 0 unspecified atom stereocenters. The van der Waals surface area contributed by atoms with Crippen LogP contribution in [0.3, 0.4) is 0 Å². The highest BCUT2D eigenvalue weighted by molar-refractivity contribution is 7.85. The molecule has 0 aromatic heterocycles. The van der Waals surface area contributed by atoms with E-state index in [9.17, 15) is 17.8 Å². The second-order valence-corrected chi connectivity index (χ2v) is 20.0. The summed E-state index contributed by atoms with van der Waals surface area (Å²) in [5, 5.41) is 6.95. The van der Waals surface area contributed by atoms with Crippen LogP contribution in [0.15, 0.2) is 120 Å². The molecule has 3 aromatic rings. The molecule has 0 radical (unpaired) electrons. The molecule has 11 heteroatoms. The van der Waals surface area contributed by atoms with Crippen molar-refractivity contribution in [1.82, 2.24) is 10.2 Å². The molecule has 1 aliphatic carbocycles. The molecule has 3 aliphatic heterocycles. The maximum absolute atomic E-state index is 13.2. The number of carbonyl (C=O) groups is 1. The standard InChI is InChI=1S/C52H67N5O5S/c1-6-7-32-56-45-20-10-8-18-43(45)51(2,3)47(56)28-24-39-16-14-17-40(25-29-48-52(4,5)44-19-9-11-21-46(44)57(48)33-12-13-38-63(59,60)61)49(39)54-42-26-22-41(23-27-42)50(58)53-30-15-31-55-34-36-62-37-35-55/h8-11,18-29H,6-7,12-17,30-38H2,1-5H3,(H2,53,58,59,60,61)/p+1/b39-24+,47-28+. The van der Waals surface area contributed by atoms with E-state index in [0.717, 1.165) is 101 Å². The van der Waals surface area contributed by atoms with Gasteiger partial charge < -0.3 is 20.3 Å². The third-order valence-corrected chi connectivity index (χ3v) is 14.0. The summed E-state index contributed by atoms with van der Waals surface area (Å²) in [7, 11) is -4.02. The Kier molecular flexibility index (Phi) is 14.9. The molecule has 63 heavy (non-hydrogen) atoms. The minimum absolute atomic E-state index is 0.0659. The number of hydrogen-bond donors (Lipinski definition) is 3. The lowest BCUT2D eigenvalue weighted by atomic mass is 9.81. The summed E-state index contributed by atoms with van der Waals surface area (Å²) in [5.74, 6) is -0.311. The first kappa shape index (κ1) is 46.2. The maximum Gasteiger partial charge on any atom is 0.264 e. The third kappa shape index (κ3) is 10.9. The quantitative estimate of drug-likeness (QED) is 0.0658. The summed E-state index contributed by atoms with van der Waals surface area (Å²) >= 11 is 0. The number of amides is 1. The van der Waals surface area contributed by atoms with Gasteiger partial charge >= 0.3 is 0 Å². The van der Waals surface area contributed by atoms with E-state index in [4.69, 9.17) is 4.74 Å². The summed E-state index contributed by atoms with van der Waals surface area (Å²) in [6.45, 7) is 18.0. The topological polar surface area (TPSA) is 114 Å². The van der Waals surface area contributed by atoms with Crippen molar-refractivity contribution in [1.29, 1.82) is 0 Å². The number of unbranched alkanes of at least 4 members (excludes halogenated alkanes) is 2. The van der Waals surface area contributed by atoms with E-state index >= 15 is 0 Å². The Balaban J connectivity index is 1.21. The van der Waals surface area contributed by atoms with Gasteiger partial charge in [-0.25, -0.2) is 0 Å². The maximum atomic E-state index is 13.2. The van der Waals surface area contributed by atoms with Crippen molar-refractivity contribution in [3.05, 3.63) is 136 Å². The Morgan fingerprint density at radius 3 is 2.32 bits per heavy atom. The predicted octanol–water partition coefficient (Wildman–Crippen LogP) is 9.70. The Morgan fingerprint density at radius 1 is 0.841 bits per heavy atom. The lowest BCUT2D eigenvalue weighted by Crippen LogP contribution is -2.38. The van der Waals surface area contributed by atoms with E-state index in [0.29, 0.717) is 31.5 Å². The van der Waals surface area contributed by atoms with Crippen LogP contribution in [-0.4, -0.2) is 92.3 Å². The van der Waals surface area contributed by atoms with Crippen molar-refractivity contribution in [2.75, 3.05) is 68.5 Å². The fourth-order valence-corrected chi connectivity index (χ4v) is 10.3. The SMILES string of the molecule is CCCCN1/C(=C/C=C2\CCCC(/C=C/C3=[N+](CCCCS(=O)(=O)O)c4ccccc4C3(C)C)=C2Nc2ccc(C(=O)NCCCN3CCOCC3)cc2)C(C)(C)c2ccccc21. The molecule has 1 amide bonds. The summed E-state index contributed by atoms with van der Waals surface area (Å²) in [5.41, 5.74) is 12.1. The summed E-state index contributed by atoms with van der Waals surface area (Å²) < 4.78 is 40.3. The van der Waals surface area contributed by atoms with Crippen LogP contribution in [0.1, 0.15) is 107 Å². The first-order chi connectivity index (χ1) is 30.3. The van der Waals surface area contributed by atoms with Crippen molar-refractivity contribution in [2.45, 2.75) is 96.8 Å². The lowest BCUT2D eigenvalue weighted by Gasteiger charge is -2.28. The molecule has 1 saturated heterocycles. The molecule has 3 heterocycles. The van der Waals surface area contributed by atoms with E-state index in [1.165, 1.54) is 33.7 Å². The van der Waals surface area contributed by atoms with Gasteiger partial charge in [-0.3, -0.25) is 14.2 Å². The first-order valence-electron chi connectivity index (χ1n) is 23.1. The van der Waals surface area contributed by atoms with E-state index < -0.39 is 10.1 Å². The zero-order valence-electron chi connectivity index (χ0n) is 38.1. The molecule has 3 aromatic carbocycles. The van der Waals surface area contributed by atoms with Gasteiger partial charge in [0.05, 0.1) is 24.4 Å². The zero-order valence-corrected chi connectivity index (χ0v) is 38.9. The predicted molar refractivity (Wildman–Crippen MR) is 257 cm³/mol.